The molecule has 116 valence electrons. The molecule has 1 amide bonds. The number of rotatable bonds is 5. The van der Waals surface area contributed by atoms with Crippen LogP contribution in [0.25, 0.3) is 11.3 Å². The Bertz CT molecular complexity index is 633. The molecule has 0 radical (unpaired) electrons. The van der Waals surface area contributed by atoms with E-state index in [-0.39, 0.29) is 5.91 Å². The van der Waals surface area contributed by atoms with Gasteiger partial charge in [0.25, 0.3) is 5.91 Å². The van der Waals surface area contributed by atoms with Crippen molar-refractivity contribution >= 4 is 17.2 Å². The summed E-state index contributed by atoms with van der Waals surface area (Å²) in [5.41, 5.74) is 3.48. The average Bonchev–Trinajstić information content (AvgIpc) is 3.20. The number of pyridine rings is 1. The molecule has 0 bridgehead atoms. The van der Waals surface area contributed by atoms with Gasteiger partial charge < -0.3 is 10.6 Å². The lowest BCUT2D eigenvalue weighted by Gasteiger charge is -2.11. The lowest BCUT2D eigenvalue weighted by atomic mass is 10.1. The van der Waals surface area contributed by atoms with Gasteiger partial charge in [-0.3, -0.25) is 9.78 Å². The van der Waals surface area contributed by atoms with Gasteiger partial charge in [0, 0.05) is 17.5 Å². The van der Waals surface area contributed by atoms with Gasteiger partial charge in [-0.15, -0.1) is 0 Å². The van der Waals surface area contributed by atoms with E-state index in [4.69, 9.17) is 0 Å². The minimum absolute atomic E-state index is 0.0205. The first kappa shape index (κ1) is 15.2. The van der Waals surface area contributed by atoms with Crippen molar-refractivity contribution in [3.05, 3.63) is 40.2 Å². The number of thiophene rings is 1. The van der Waals surface area contributed by atoms with E-state index in [1.165, 1.54) is 6.42 Å². The SMILES string of the molecule is Cc1nc(-c2ccsc2)ccc1C(=O)NCCC1CCNC1. The number of aromatic nitrogens is 1. The van der Waals surface area contributed by atoms with Crippen molar-refractivity contribution in [3.8, 4) is 11.3 Å². The maximum absolute atomic E-state index is 12.3. The van der Waals surface area contributed by atoms with Gasteiger partial charge in [0.05, 0.1) is 17.0 Å². The van der Waals surface area contributed by atoms with Crippen LogP contribution < -0.4 is 10.6 Å². The summed E-state index contributed by atoms with van der Waals surface area (Å²) in [5, 5.41) is 10.5. The first-order chi connectivity index (χ1) is 10.7. The Kier molecular flexibility index (Phi) is 4.85. The van der Waals surface area contributed by atoms with E-state index < -0.39 is 0 Å². The average molecular weight is 315 g/mol. The highest BCUT2D eigenvalue weighted by Crippen LogP contribution is 2.21. The second kappa shape index (κ2) is 7.03. The van der Waals surface area contributed by atoms with Crippen LogP contribution >= 0.6 is 11.3 Å². The third-order valence-electron chi connectivity index (χ3n) is 4.15. The van der Waals surface area contributed by atoms with Gasteiger partial charge in [-0.25, -0.2) is 0 Å². The molecule has 0 aliphatic carbocycles. The van der Waals surface area contributed by atoms with Gasteiger partial charge >= 0.3 is 0 Å². The molecule has 1 aliphatic heterocycles. The Morgan fingerprint density at radius 2 is 2.36 bits per heavy atom. The van der Waals surface area contributed by atoms with Crippen LogP contribution in [0.2, 0.25) is 0 Å². The molecule has 1 unspecified atom stereocenters. The van der Waals surface area contributed by atoms with E-state index >= 15 is 0 Å². The predicted molar refractivity (Wildman–Crippen MR) is 90.2 cm³/mol. The van der Waals surface area contributed by atoms with Gasteiger partial charge in [-0.05, 0) is 62.4 Å². The molecule has 1 aliphatic rings. The number of amides is 1. The number of nitrogens with one attached hydrogen (secondary N) is 2. The molecule has 2 N–H and O–H groups in total. The molecule has 1 saturated heterocycles. The summed E-state index contributed by atoms with van der Waals surface area (Å²) in [6.07, 6.45) is 2.25. The molecule has 1 fully saturated rings. The van der Waals surface area contributed by atoms with Crippen LogP contribution in [-0.2, 0) is 0 Å². The molecule has 3 heterocycles. The smallest absolute Gasteiger partial charge is 0.253 e. The first-order valence-electron chi connectivity index (χ1n) is 7.73. The number of nitrogens with zero attached hydrogens (tertiary/aromatic N) is 1. The van der Waals surface area contributed by atoms with Crippen molar-refractivity contribution < 1.29 is 4.79 Å². The molecule has 4 nitrogen and oxygen atoms in total. The highest BCUT2D eigenvalue weighted by Gasteiger charge is 2.15. The number of hydrogen-bond donors (Lipinski definition) is 2. The third-order valence-corrected chi connectivity index (χ3v) is 4.83. The second-order valence-corrected chi connectivity index (χ2v) is 6.52. The summed E-state index contributed by atoms with van der Waals surface area (Å²) < 4.78 is 0. The summed E-state index contributed by atoms with van der Waals surface area (Å²) in [7, 11) is 0. The fraction of sp³-hybridized carbons (Fsp3) is 0.412. The van der Waals surface area contributed by atoms with Crippen LogP contribution in [0.4, 0.5) is 0 Å². The van der Waals surface area contributed by atoms with Gasteiger partial charge in [-0.2, -0.15) is 11.3 Å². The molecular formula is C17H21N3OS. The standard InChI is InChI=1S/C17H21N3OS/c1-12-15(2-3-16(20-12)14-6-9-22-11-14)17(21)19-8-5-13-4-7-18-10-13/h2-3,6,9,11,13,18H,4-5,7-8,10H2,1H3,(H,19,21). The molecule has 2 aromatic heterocycles. The maximum atomic E-state index is 12.3. The minimum Gasteiger partial charge on any atom is -0.352 e. The van der Waals surface area contributed by atoms with Crippen LogP contribution in [0.5, 0.6) is 0 Å². The van der Waals surface area contributed by atoms with Crippen LogP contribution in [0.3, 0.4) is 0 Å². The summed E-state index contributed by atoms with van der Waals surface area (Å²) in [4.78, 5) is 16.8. The van der Waals surface area contributed by atoms with Crippen LogP contribution in [0, 0.1) is 12.8 Å². The summed E-state index contributed by atoms with van der Waals surface area (Å²) in [6.45, 7) is 4.81. The summed E-state index contributed by atoms with van der Waals surface area (Å²) in [6, 6.07) is 5.84. The molecule has 1 atom stereocenters. The van der Waals surface area contributed by atoms with Gasteiger partial charge in [0.1, 0.15) is 0 Å². The second-order valence-electron chi connectivity index (χ2n) is 5.74. The van der Waals surface area contributed by atoms with Crippen LogP contribution in [0.1, 0.15) is 28.9 Å². The first-order valence-corrected chi connectivity index (χ1v) is 8.67. The highest BCUT2D eigenvalue weighted by molar-refractivity contribution is 7.08. The zero-order valence-electron chi connectivity index (χ0n) is 12.8. The Morgan fingerprint density at radius 1 is 1.45 bits per heavy atom. The van der Waals surface area contributed by atoms with Crippen molar-refractivity contribution in [1.29, 1.82) is 0 Å². The monoisotopic (exact) mass is 315 g/mol. The largest absolute Gasteiger partial charge is 0.352 e. The summed E-state index contributed by atoms with van der Waals surface area (Å²) in [5.74, 6) is 0.674. The van der Waals surface area contributed by atoms with E-state index in [1.807, 2.05) is 30.5 Å². The number of carbonyl (C=O) groups excluding carboxylic acids is 1. The van der Waals surface area contributed by atoms with Gasteiger partial charge in [0.2, 0.25) is 0 Å². The molecular weight excluding hydrogens is 294 g/mol. The van der Waals surface area contributed by atoms with E-state index in [0.29, 0.717) is 11.5 Å². The number of hydrogen-bond acceptors (Lipinski definition) is 4. The normalized spacial score (nSPS) is 17.6. The molecule has 0 aromatic carbocycles. The fourth-order valence-corrected chi connectivity index (χ4v) is 3.47. The van der Waals surface area contributed by atoms with E-state index in [1.54, 1.807) is 11.3 Å². The zero-order chi connectivity index (χ0) is 15.4. The van der Waals surface area contributed by atoms with Crippen molar-refractivity contribution in [2.75, 3.05) is 19.6 Å². The van der Waals surface area contributed by atoms with Crippen LogP contribution in [-0.4, -0.2) is 30.5 Å². The lowest BCUT2D eigenvalue weighted by molar-refractivity contribution is 0.0950. The number of aryl methyl sites for hydroxylation is 1. The summed E-state index contributed by atoms with van der Waals surface area (Å²) >= 11 is 1.65. The van der Waals surface area contributed by atoms with Crippen LogP contribution in [0.15, 0.2) is 29.0 Å². The minimum atomic E-state index is -0.0205. The molecule has 0 saturated carbocycles. The number of carbonyl (C=O) groups is 1. The van der Waals surface area contributed by atoms with Gasteiger partial charge in [-0.1, -0.05) is 0 Å². The fourth-order valence-electron chi connectivity index (χ4n) is 2.82. The zero-order valence-corrected chi connectivity index (χ0v) is 13.6. The maximum Gasteiger partial charge on any atom is 0.253 e. The van der Waals surface area contributed by atoms with E-state index in [9.17, 15) is 4.79 Å². The Balaban J connectivity index is 1.60. The quantitative estimate of drug-likeness (QED) is 0.892. The molecule has 2 aromatic rings. The third kappa shape index (κ3) is 3.54. The molecule has 0 spiro atoms. The van der Waals surface area contributed by atoms with Gasteiger partial charge in [0.15, 0.2) is 0 Å². The molecule has 5 heteroatoms. The predicted octanol–water partition coefficient (Wildman–Crippen LogP) is 2.85. The van der Waals surface area contributed by atoms with Crippen molar-refractivity contribution in [2.24, 2.45) is 5.92 Å². The van der Waals surface area contributed by atoms with Crippen molar-refractivity contribution in [2.45, 2.75) is 19.8 Å². The lowest BCUT2D eigenvalue weighted by Crippen LogP contribution is -2.27. The Hall–Kier alpha value is -1.72. The Morgan fingerprint density at radius 3 is 3.05 bits per heavy atom. The topological polar surface area (TPSA) is 54.0 Å². The van der Waals surface area contributed by atoms with E-state index in [2.05, 4.69) is 21.0 Å². The Labute approximate surface area is 135 Å². The van der Waals surface area contributed by atoms with Crippen molar-refractivity contribution in [3.63, 3.8) is 0 Å². The van der Waals surface area contributed by atoms with Crippen molar-refractivity contribution in [1.82, 2.24) is 15.6 Å². The molecule has 3 rings (SSSR count). The highest BCUT2D eigenvalue weighted by atomic mass is 32.1. The van der Waals surface area contributed by atoms with E-state index in [0.717, 1.165) is 43.0 Å². The molecule has 22 heavy (non-hydrogen) atoms.